The van der Waals surface area contributed by atoms with Crippen molar-refractivity contribution < 1.29 is 9.59 Å². The topological polar surface area (TPSA) is 52.7 Å². The van der Waals surface area contributed by atoms with Crippen LogP contribution in [-0.4, -0.2) is 55.3 Å². The number of nitrogens with zero attached hydrogens (tertiary/aromatic N) is 2. The van der Waals surface area contributed by atoms with Crippen molar-refractivity contribution in [3.05, 3.63) is 22.4 Å². The van der Waals surface area contributed by atoms with Gasteiger partial charge in [-0.1, -0.05) is 0 Å². The van der Waals surface area contributed by atoms with Gasteiger partial charge in [0.25, 0.3) is 0 Å². The van der Waals surface area contributed by atoms with Crippen LogP contribution in [0.5, 0.6) is 0 Å². The molecule has 2 amide bonds. The van der Waals surface area contributed by atoms with Crippen LogP contribution in [0.1, 0.15) is 37.3 Å². The van der Waals surface area contributed by atoms with Crippen molar-refractivity contribution in [3.8, 4) is 0 Å². The predicted octanol–water partition coefficient (Wildman–Crippen LogP) is 2.12. The molecule has 2 fully saturated rings. The van der Waals surface area contributed by atoms with E-state index in [1.807, 2.05) is 19.0 Å². The summed E-state index contributed by atoms with van der Waals surface area (Å²) in [6, 6.07) is 2.32. The molecule has 2 aliphatic rings. The molecule has 0 spiro atoms. The van der Waals surface area contributed by atoms with Gasteiger partial charge >= 0.3 is 0 Å². The molecular weight excluding hydrogens is 322 g/mol. The molecule has 0 unspecified atom stereocenters. The molecule has 0 aromatic carbocycles. The molecule has 1 aliphatic heterocycles. The number of thiophene rings is 1. The summed E-state index contributed by atoms with van der Waals surface area (Å²) in [5.74, 6) is 0.759. The van der Waals surface area contributed by atoms with Crippen LogP contribution < -0.4 is 5.32 Å². The Morgan fingerprint density at radius 3 is 2.50 bits per heavy atom. The number of hydrogen-bond donors (Lipinski definition) is 1. The number of likely N-dealkylation sites (tertiary alicyclic amines) is 1. The molecule has 132 valence electrons. The maximum absolute atomic E-state index is 12.5. The smallest absolute Gasteiger partial charge is 0.225 e. The van der Waals surface area contributed by atoms with Gasteiger partial charge in [0.15, 0.2) is 0 Å². The fourth-order valence-electron chi connectivity index (χ4n) is 3.36. The number of piperidine rings is 1. The van der Waals surface area contributed by atoms with Gasteiger partial charge in [0.05, 0.1) is 6.04 Å². The summed E-state index contributed by atoms with van der Waals surface area (Å²) < 4.78 is 0. The second-order valence-corrected chi connectivity index (χ2v) is 7.94. The van der Waals surface area contributed by atoms with Gasteiger partial charge in [0, 0.05) is 31.5 Å². The Morgan fingerprint density at radius 1 is 1.25 bits per heavy atom. The first kappa shape index (κ1) is 17.4. The van der Waals surface area contributed by atoms with Crippen molar-refractivity contribution in [2.24, 2.45) is 11.8 Å². The lowest BCUT2D eigenvalue weighted by Gasteiger charge is -2.32. The van der Waals surface area contributed by atoms with Crippen molar-refractivity contribution in [1.29, 1.82) is 0 Å². The van der Waals surface area contributed by atoms with E-state index < -0.39 is 0 Å². The Morgan fingerprint density at radius 2 is 1.96 bits per heavy atom. The molecule has 3 rings (SSSR count). The Labute approximate surface area is 148 Å². The normalized spacial score (nSPS) is 20.2. The minimum absolute atomic E-state index is 0.0403. The highest BCUT2D eigenvalue weighted by molar-refractivity contribution is 7.07. The van der Waals surface area contributed by atoms with Crippen molar-refractivity contribution >= 4 is 23.2 Å². The molecule has 1 N–H and O–H groups in total. The van der Waals surface area contributed by atoms with E-state index in [-0.39, 0.29) is 23.8 Å². The summed E-state index contributed by atoms with van der Waals surface area (Å²) in [6.07, 6.45) is 3.67. The summed E-state index contributed by atoms with van der Waals surface area (Å²) in [7, 11) is 4.08. The van der Waals surface area contributed by atoms with E-state index >= 15 is 0 Å². The zero-order valence-corrected chi connectivity index (χ0v) is 15.3. The van der Waals surface area contributed by atoms with Crippen LogP contribution in [0, 0.1) is 11.8 Å². The van der Waals surface area contributed by atoms with Gasteiger partial charge in [-0.05, 0) is 62.2 Å². The van der Waals surface area contributed by atoms with Crippen LogP contribution in [0.25, 0.3) is 0 Å². The van der Waals surface area contributed by atoms with E-state index in [1.54, 1.807) is 11.3 Å². The number of likely N-dealkylation sites (N-methyl/N-ethyl adjacent to an activating group) is 1. The molecule has 1 aromatic heterocycles. The third-order valence-electron chi connectivity index (χ3n) is 5.12. The molecule has 1 aliphatic carbocycles. The van der Waals surface area contributed by atoms with Crippen LogP contribution in [0.15, 0.2) is 16.8 Å². The molecule has 1 saturated heterocycles. The molecule has 0 bridgehead atoms. The molecule has 24 heavy (non-hydrogen) atoms. The minimum atomic E-state index is 0.0403. The first-order chi connectivity index (χ1) is 11.6. The van der Waals surface area contributed by atoms with Crippen LogP contribution in [-0.2, 0) is 9.59 Å². The van der Waals surface area contributed by atoms with Gasteiger partial charge < -0.3 is 15.1 Å². The lowest BCUT2D eigenvalue weighted by Crippen LogP contribution is -2.44. The molecule has 1 aromatic rings. The maximum Gasteiger partial charge on any atom is 0.225 e. The summed E-state index contributed by atoms with van der Waals surface area (Å²) in [6.45, 7) is 2.09. The van der Waals surface area contributed by atoms with Crippen molar-refractivity contribution in [2.45, 2.75) is 31.7 Å². The maximum atomic E-state index is 12.5. The van der Waals surface area contributed by atoms with Gasteiger partial charge in [0.1, 0.15) is 0 Å². The van der Waals surface area contributed by atoms with Crippen LogP contribution >= 0.6 is 11.3 Å². The Kier molecular flexibility index (Phi) is 5.56. The average Bonchev–Trinajstić information content (AvgIpc) is 3.30. The average molecular weight is 350 g/mol. The third-order valence-corrected chi connectivity index (χ3v) is 5.83. The molecular formula is C18H27N3O2S. The summed E-state index contributed by atoms with van der Waals surface area (Å²) in [5.41, 5.74) is 1.25. The zero-order valence-electron chi connectivity index (χ0n) is 14.5. The second-order valence-electron chi connectivity index (χ2n) is 7.16. The number of hydrogen-bond acceptors (Lipinski definition) is 4. The lowest BCUT2D eigenvalue weighted by atomic mass is 9.95. The lowest BCUT2D eigenvalue weighted by molar-refractivity contribution is -0.136. The second kappa shape index (κ2) is 7.66. The van der Waals surface area contributed by atoms with Gasteiger partial charge in [-0.25, -0.2) is 0 Å². The van der Waals surface area contributed by atoms with E-state index in [0.29, 0.717) is 12.5 Å². The number of nitrogens with one attached hydrogen (secondary N) is 1. The summed E-state index contributed by atoms with van der Waals surface area (Å²) in [4.78, 5) is 28.7. The molecule has 5 nitrogen and oxygen atoms in total. The van der Waals surface area contributed by atoms with Crippen LogP contribution in [0.2, 0.25) is 0 Å². The van der Waals surface area contributed by atoms with Gasteiger partial charge in [-0.2, -0.15) is 11.3 Å². The molecule has 2 heterocycles. The van der Waals surface area contributed by atoms with Crippen molar-refractivity contribution in [1.82, 2.24) is 15.1 Å². The molecule has 0 radical (unpaired) electrons. The van der Waals surface area contributed by atoms with E-state index in [4.69, 9.17) is 0 Å². The Hall–Kier alpha value is -1.40. The minimum Gasteiger partial charge on any atom is -0.354 e. The molecule has 1 atom stereocenters. The molecule has 1 saturated carbocycles. The predicted molar refractivity (Wildman–Crippen MR) is 95.8 cm³/mol. The van der Waals surface area contributed by atoms with Crippen LogP contribution in [0.4, 0.5) is 0 Å². The van der Waals surface area contributed by atoms with Crippen molar-refractivity contribution in [2.75, 3.05) is 33.7 Å². The van der Waals surface area contributed by atoms with E-state index in [0.717, 1.165) is 38.8 Å². The highest BCUT2D eigenvalue weighted by Crippen LogP contribution is 2.32. The first-order valence-corrected chi connectivity index (χ1v) is 9.75. The number of amides is 2. The van der Waals surface area contributed by atoms with E-state index in [1.165, 1.54) is 5.56 Å². The van der Waals surface area contributed by atoms with E-state index in [9.17, 15) is 9.59 Å². The van der Waals surface area contributed by atoms with E-state index in [2.05, 4.69) is 27.0 Å². The number of carbonyl (C=O) groups is 2. The van der Waals surface area contributed by atoms with Crippen molar-refractivity contribution in [3.63, 3.8) is 0 Å². The van der Waals surface area contributed by atoms with Gasteiger partial charge in [-0.3, -0.25) is 9.59 Å². The first-order valence-electron chi connectivity index (χ1n) is 8.81. The van der Waals surface area contributed by atoms with Gasteiger partial charge in [0.2, 0.25) is 11.8 Å². The number of rotatable bonds is 6. The third kappa shape index (κ3) is 4.16. The fourth-order valence-corrected chi connectivity index (χ4v) is 4.06. The summed E-state index contributed by atoms with van der Waals surface area (Å²) in [5, 5.41) is 7.33. The Bertz CT molecular complexity index is 561. The van der Waals surface area contributed by atoms with Gasteiger partial charge in [-0.15, -0.1) is 0 Å². The Balaban J connectivity index is 1.46. The highest BCUT2D eigenvalue weighted by atomic mass is 32.1. The SMILES string of the molecule is CN(C)[C@H](CNC(=O)C1CCN(C(=O)C2CC2)CC1)c1ccsc1. The highest BCUT2D eigenvalue weighted by Gasteiger charge is 2.36. The molecule has 6 heteroatoms. The zero-order chi connectivity index (χ0) is 17.1. The quantitative estimate of drug-likeness (QED) is 0.856. The van der Waals surface area contributed by atoms with Crippen LogP contribution in [0.3, 0.4) is 0 Å². The standard InChI is InChI=1S/C18H27N3O2S/c1-20(2)16(15-7-10-24-12-15)11-19-17(22)13-5-8-21(9-6-13)18(23)14-3-4-14/h7,10,12-14,16H,3-6,8-9,11H2,1-2H3,(H,19,22)/t16-/m1/s1. The number of carbonyl (C=O) groups excluding carboxylic acids is 2. The fraction of sp³-hybridized carbons (Fsp3) is 0.667. The monoisotopic (exact) mass is 349 g/mol. The summed E-state index contributed by atoms with van der Waals surface area (Å²) >= 11 is 1.68. The largest absolute Gasteiger partial charge is 0.354 e.